The lowest BCUT2D eigenvalue weighted by molar-refractivity contribution is -0.133. The molecule has 5 rings (SSSR count). The van der Waals surface area contributed by atoms with Crippen LogP contribution in [0.3, 0.4) is 0 Å². The Hall–Kier alpha value is -1.57. The Morgan fingerprint density at radius 3 is 2.67 bits per heavy atom. The molecule has 2 spiro atoms. The Labute approximate surface area is 164 Å². The van der Waals surface area contributed by atoms with Gasteiger partial charge in [0.05, 0.1) is 0 Å². The number of carbonyl (C=O) groups excluding carboxylic acids is 1. The highest BCUT2D eigenvalue weighted by Gasteiger charge is 2.74. The van der Waals surface area contributed by atoms with Gasteiger partial charge in [0.25, 0.3) is 0 Å². The first-order chi connectivity index (χ1) is 12.9. The van der Waals surface area contributed by atoms with E-state index in [9.17, 15) is 4.79 Å². The fourth-order valence-corrected chi connectivity index (χ4v) is 8.19. The standard InChI is InChI=1S/C25H33NO/c1-6-21-16(4)13-24-12-11-18-9-7-8-10-19(18)20(14-24)22-25(21,24)17(5)23(27)26(22)15(2)3/h7-10,15-17,21H,6,11-14H2,1-5H3. The van der Waals surface area contributed by atoms with Gasteiger partial charge in [-0.15, -0.1) is 0 Å². The van der Waals surface area contributed by atoms with Crippen LogP contribution in [-0.2, 0) is 11.2 Å². The van der Waals surface area contributed by atoms with Crippen molar-refractivity contribution in [3.63, 3.8) is 0 Å². The molecule has 1 saturated carbocycles. The minimum Gasteiger partial charge on any atom is -0.313 e. The molecule has 0 aromatic heterocycles. The molecule has 0 N–H and O–H groups in total. The zero-order chi connectivity index (χ0) is 19.1. The molecule has 27 heavy (non-hydrogen) atoms. The SMILES string of the molecule is CCC1C(C)CC23CCc4ccccc4C(=C4N(C(C)C)C(=O)C(C)C412)C3. The van der Waals surface area contributed by atoms with Crippen molar-refractivity contribution in [1.29, 1.82) is 0 Å². The second kappa shape index (κ2) is 5.49. The second-order valence-electron chi connectivity index (χ2n) is 10.0. The second-order valence-corrected chi connectivity index (χ2v) is 10.0. The van der Waals surface area contributed by atoms with Crippen LogP contribution >= 0.6 is 0 Å². The summed E-state index contributed by atoms with van der Waals surface area (Å²) in [6, 6.07) is 9.24. The number of amides is 1. The van der Waals surface area contributed by atoms with Gasteiger partial charge in [-0.05, 0) is 73.5 Å². The van der Waals surface area contributed by atoms with Gasteiger partial charge in [-0.2, -0.15) is 0 Å². The molecular weight excluding hydrogens is 330 g/mol. The first-order valence-electron chi connectivity index (χ1n) is 11.0. The number of hydrogen-bond donors (Lipinski definition) is 0. The molecule has 5 atom stereocenters. The highest BCUT2D eigenvalue weighted by Crippen LogP contribution is 2.78. The van der Waals surface area contributed by atoms with Crippen molar-refractivity contribution in [2.24, 2.45) is 28.6 Å². The van der Waals surface area contributed by atoms with Crippen LogP contribution in [0.4, 0.5) is 0 Å². The third-order valence-corrected chi connectivity index (χ3v) is 8.76. The van der Waals surface area contributed by atoms with E-state index in [1.54, 1.807) is 0 Å². The average Bonchev–Trinajstić information content (AvgIpc) is 3.07. The smallest absolute Gasteiger partial charge is 0.230 e. The van der Waals surface area contributed by atoms with Crippen LogP contribution in [0, 0.1) is 28.6 Å². The zero-order valence-electron chi connectivity index (χ0n) is 17.5. The maximum absolute atomic E-state index is 13.6. The molecule has 2 nitrogen and oxygen atoms in total. The van der Waals surface area contributed by atoms with E-state index >= 15 is 0 Å². The van der Waals surface area contributed by atoms with Gasteiger partial charge in [-0.25, -0.2) is 0 Å². The summed E-state index contributed by atoms with van der Waals surface area (Å²) in [5.74, 6) is 1.83. The highest BCUT2D eigenvalue weighted by atomic mass is 16.2. The molecule has 1 heterocycles. The van der Waals surface area contributed by atoms with Crippen LogP contribution < -0.4 is 0 Å². The van der Waals surface area contributed by atoms with Crippen LogP contribution in [0.5, 0.6) is 0 Å². The Morgan fingerprint density at radius 1 is 1.22 bits per heavy atom. The molecule has 5 unspecified atom stereocenters. The first kappa shape index (κ1) is 17.5. The Balaban J connectivity index is 1.88. The first-order valence-corrected chi connectivity index (χ1v) is 11.0. The summed E-state index contributed by atoms with van der Waals surface area (Å²) in [4.78, 5) is 15.8. The molecule has 1 saturated heterocycles. The monoisotopic (exact) mass is 363 g/mol. The predicted octanol–water partition coefficient (Wildman–Crippen LogP) is 5.67. The van der Waals surface area contributed by atoms with Gasteiger partial charge in [0.2, 0.25) is 5.91 Å². The van der Waals surface area contributed by atoms with Gasteiger partial charge in [-0.3, -0.25) is 4.79 Å². The van der Waals surface area contributed by atoms with Gasteiger partial charge < -0.3 is 4.90 Å². The van der Waals surface area contributed by atoms with Crippen molar-refractivity contribution in [3.05, 3.63) is 41.1 Å². The summed E-state index contributed by atoms with van der Waals surface area (Å²) in [7, 11) is 0. The van der Waals surface area contributed by atoms with Gasteiger partial charge in [0.1, 0.15) is 0 Å². The number of likely N-dealkylation sites (tertiary alicyclic amines) is 1. The lowest BCUT2D eigenvalue weighted by Crippen LogP contribution is -2.43. The number of allylic oxidation sites excluding steroid dienone is 2. The van der Waals surface area contributed by atoms with Crippen LogP contribution in [0.2, 0.25) is 0 Å². The summed E-state index contributed by atoms with van der Waals surface area (Å²) in [5.41, 5.74) is 6.22. The Morgan fingerprint density at radius 2 is 1.96 bits per heavy atom. The van der Waals surface area contributed by atoms with E-state index in [-0.39, 0.29) is 22.8 Å². The van der Waals surface area contributed by atoms with Crippen LogP contribution in [0.25, 0.3) is 5.57 Å². The minimum absolute atomic E-state index is 0.0609. The topological polar surface area (TPSA) is 20.3 Å². The molecule has 2 heteroatoms. The van der Waals surface area contributed by atoms with Crippen molar-refractivity contribution in [2.45, 2.75) is 72.8 Å². The van der Waals surface area contributed by atoms with Crippen LogP contribution in [0.1, 0.15) is 71.4 Å². The zero-order valence-corrected chi connectivity index (χ0v) is 17.5. The van der Waals surface area contributed by atoms with Gasteiger partial charge >= 0.3 is 0 Å². The van der Waals surface area contributed by atoms with Crippen LogP contribution in [-0.4, -0.2) is 16.8 Å². The van der Waals surface area contributed by atoms with Crippen molar-refractivity contribution in [1.82, 2.24) is 4.90 Å². The van der Waals surface area contributed by atoms with E-state index in [2.05, 4.69) is 63.8 Å². The number of carbonyl (C=O) groups is 1. The fraction of sp³-hybridized carbons (Fsp3) is 0.640. The number of benzene rings is 1. The number of nitrogens with zero attached hydrogens (tertiary/aromatic N) is 1. The van der Waals surface area contributed by atoms with Crippen molar-refractivity contribution in [3.8, 4) is 0 Å². The Bertz CT molecular complexity index is 852. The van der Waals surface area contributed by atoms with Crippen LogP contribution in [0.15, 0.2) is 30.0 Å². The molecule has 1 aromatic carbocycles. The van der Waals surface area contributed by atoms with Crippen molar-refractivity contribution < 1.29 is 4.79 Å². The molecule has 0 radical (unpaired) electrons. The van der Waals surface area contributed by atoms with Crippen molar-refractivity contribution >= 4 is 11.5 Å². The lowest BCUT2D eigenvalue weighted by Gasteiger charge is -2.46. The maximum Gasteiger partial charge on any atom is 0.230 e. The summed E-state index contributed by atoms with van der Waals surface area (Å²) >= 11 is 0. The minimum atomic E-state index is 0.0609. The van der Waals surface area contributed by atoms with E-state index in [1.807, 2.05) is 0 Å². The summed E-state index contributed by atoms with van der Waals surface area (Å²) in [6.45, 7) is 11.5. The number of fused-ring (bicyclic) bond motifs is 3. The van der Waals surface area contributed by atoms with Gasteiger partial charge in [0.15, 0.2) is 0 Å². The normalized spacial score (nSPS) is 39.7. The fourth-order valence-electron chi connectivity index (χ4n) is 8.19. The van der Waals surface area contributed by atoms with E-state index in [4.69, 9.17) is 0 Å². The summed E-state index contributed by atoms with van der Waals surface area (Å²) in [5, 5.41) is 0. The van der Waals surface area contributed by atoms with E-state index in [1.165, 1.54) is 54.5 Å². The largest absolute Gasteiger partial charge is 0.313 e. The van der Waals surface area contributed by atoms with E-state index < -0.39 is 0 Å². The number of hydrogen-bond acceptors (Lipinski definition) is 1. The molecular formula is C25H33NO. The highest BCUT2D eigenvalue weighted by molar-refractivity contribution is 5.93. The third-order valence-electron chi connectivity index (χ3n) is 8.76. The molecule has 1 aliphatic heterocycles. The third kappa shape index (κ3) is 1.81. The predicted molar refractivity (Wildman–Crippen MR) is 110 cm³/mol. The maximum atomic E-state index is 13.6. The molecule has 2 bridgehead atoms. The summed E-state index contributed by atoms with van der Waals surface area (Å²) in [6.07, 6.45) is 6.06. The molecule has 1 aromatic rings. The number of rotatable bonds is 2. The van der Waals surface area contributed by atoms with Gasteiger partial charge in [-0.1, -0.05) is 51.5 Å². The van der Waals surface area contributed by atoms with E-state index in [0.29, 0.717) is 17.7 Å². The molecule has 4 aliphatic rings. The van der Waals surface area contributed by atoms with Gasteiger partial charge in [0, 0.05) is 23.1 Å². The quantitative estimate of drug-likeness (QED) is 0.662. The number of aryl methyl sites for hydroxylation is 1. The Kier molecular flexibility index (Phi) is 3.56. The summed E-state index contributed by atoms with van der Waals surface area (Å²) < 4.78 is 0. The molecule has 1 amide bonds. The lowest BCUT2D eigenvalue weighted by atomic mass is 9.56. The average molecular weight is 364 g/mol. The molecule has 144 valence electrons. The van der Waals surface area contributed by atoms with E-state index in [0.717, 1.165) is 0 Å². The van der Waals surface area contributed by atoms with Crippen molar-refractivity contribution in [2.75, 3.05) is 0 Å². The molecule has 2 fully saturated rings. The molecule has 3 aliphatic carbocycles.